The highest BCUT2D eigenvalue weighted by Crippen LogP contribution is 2.47. The molecule has 0 aliphatic heterocycles. The van der Waals surface area contributed by atoms with E-state index in [4.69, 9.17) is 9.47 Å². The van der Waals surface area contributed by atoms with Gasteiger partial charge in [0, 0.05) is 6.42 Å². The van der Waals surface area contributed by atoms with Gasteiger partial charge in [-0.1, -0.05) is 47.1 Å². The number of allylic oxidation sites excluding steroid dienone is 1. The van der Waals surface area contributed by atoms with Crippen molar-refractivity contribution in [1.82, 2.24) is 0 Å². The summed E-state index contributed by atoms with van der Waals surface area (Å²) in [5.41, 5.74) is 0.233. The van der Waals surface area contributed by atoms with Crippen molar-refractivity contribution in [2.45, 2.75) is 106 Å². The van der Waals surface area contributed by atoms with E-state index < -0.39 is 17.6 Å². The van der Waals surface area contributed by atoms with Gasteiger partial charge >= 0.3 is 5.97 Å². The second-order valence-electron chi connectivity index (χ2n) is 10.7. The van der Waals surface area contributed by atoms with Gasteiger partial charge in [0.25, 0.3) is 6.47 Å². The van der Waals surface area contributed by atoms with Crippen LogP contribution in [0.25, 0.3) is 0 Å². The molecule has 1 rings (SSSR count). The van der Waals surface area contributed by atoms with E-state index in [1.165, 1.54) is 5.57 Å². The lowest BCUT2D eigenvalue weighted by Gasteiger charge is -2.44. The first kappa shape index (κ1) is 26.6. The molecule has 4 unspecified atom stereocenters. The molecule has 0 aromatic heterocycles. The third kappa shape index (κ3) is 8.76. The highest BCUT2D eigenvalue weighted by Gasteiger charge is 2.49. The monoisotopic (exact) mass is 398 g/mol. The minimum atomic E-state index is -0.800. The summed E-state index contributed by atoms with van der Waals surface area (Å²) in [4.78, 5) is 23.4. The van der Waals surface area contributed by atoms with Gasteiger partial charge in [-0.25, -0.2) is 0 Å². The van der Waals surface area contributed by atoms with E-state index in [1.54, 1.807) is 0 Å². The fourth-order valence-corrected chi connectivity index (χ4v) is 3.39. The van der Waals surface area contributed by atoms with Crippen LogP contribution in [0.3, 0.4) is 0 Å². The molecule has 5 heteroatoms. The Morgan fingerprint density at radius 2 is 1.61 bits per heavy atom. The van der Waals surface area contributed by atoms with E-state index in [-0.39, 0.29) is 22.9 Å². The van der Waals surface area contributed by atoms with Gasteiger partial charge in [0.2, 0.25) is 0 Å². The smallest absolute Gasteiger partial charge is 0.312 e. The lowest BCUT2D eigenvalue weighted by atomic mass is 9.61. The molecule has 5 nitrogen and oxygen atoms in total. The number of aliphatic hydroxyl groups is 1. The molecule has 1 N–H and O–H groups in total. The van der Waals surface area contributed by atoms with Crippen LogP contribution in [0.4, 0.5) is 0 Å². The minimum absolute atomic E-state index is 0.0187. The molecule has 164 valence electrons. The average molecular weight is 399 g/mol. The highest BCUT2D eigenvalue weighted by molar-refractivity contribution is 5.77. The molecule has 1 aliphatic rings. The molecule has 0 bridgehead atoms. The van der Waals surface area contributed by atoms with Crippen LogP contribution in [0.5, 0.6) is 0 Å². The summed E-state index contributed by atoms with van der Waals surface area (Å²) in [5.74, 6) is -0.260. The molecule has 0 aromatic rings. The van der Waals surface area contributed by atoms with Gasteiger partial charge < -0.3 is 14.6 Å². The summed E-state index contributed by atoms with van der Waals surface area (Å²) >= 11 is 0. The molecule has 0 amide bonds. The predicted octanol–water partition coefficient (Wildman–Crippen LogP) is 5.06. The number of ether oxygens (including phenoxy) is 2. The Balaban J connectivity index is 0.00000165. The topological polar surface area (TPSA) is 72.8 Å². The molecule has 0 heterocycles. The van der Waals surface area contributed by atoms with Crippen LogP contribution in [-0.2, 0) is 19.1 Å². The van der Waals surface area contributed by atoms with E-state index in [0.29, 0.717) is 32.2 Å². The zero-order valence-corrected chi connectivity index (χ0v) is 19.4. The number of aliphatic hydroxyl groups excluding tert-OH is 1. The van der Waals surface area contributed by atoms with Crippen molar-refractivity contribution in [3.63, 3.8) is 0 Å². The van der Waals surface area contributed by atoms with Gasteiger partial charge in [-0.15, -0.1) is 6.58 Å². The Hall–Kier alpha value is -1.36. The van der Waals surface area contributed by atoms with Gasteiger partial charge in [0.05, 0.1) is 11.5 Å². The highest BCUT2D eigenvalue weighted by atomic mass is 16.6. The van der Waals surface area contributed by atoms with Crippen LogP contribution in [-0.4, -0.2) is 35.9 Å². The van der Waals surface area contributed by atoms with E-state index in [1.807, 2.05) is 41.5 Å². The summed E-state index contributed by atoms with van der Waals surface area (Å²) in [6.07, 6.45) is 0.470. The Morgan fingerprint density at radius 3 is 1.96 bits per heavy atom. The molecular formula is C23H42O5. The maximum absolute atomic E-state index is 13.0. The minimum Gasteiger partial charge on any atom is -0.464 e. The lowest BCUT2D eigenvalue weighted by Crippen LogP contribution is -2.48. The van der Waals surface area contributed by atoms with Crippen molar-refractivity contribution in [3.05, 3.63) is 12.2 Å². The van der Waals surface area contributed by atoms with Gasteiger partial charge in [-0.3, -0.25) is 9.59 Å². The molecule has 0 spiro atoms. The fourth-order valence-electron chi connectivity index (χ4n) is 3.39. The Bertz CT molecular complexity index is 522. The Kier molecular flexibility index (Phi) is 9.92. The van der Waals surface area contributed by atoms with Gasteiger partial charge in [-0.05, 0) is 50.9 Å². The summed E-state index contributed by atoms with van der Waals surface area (Å²) in [7, 11) is 0. The Labute approximate surface area is 171 Å². The van der Waals surface area contributed by atoms with E-state index in [9.17, 15) is 14.7 Å². The number of esters is 1. The third-order valence-corrected chi connectivity index (χ3v) is 5.20. The van der Waals surface area contributed by atoms with Crippen LogP contribution in [0.2, 0.25) is 0 Å². The van der Waals surface area contributed by atoms with Crippen molar-refractivity contribution in [1.29, 1.82) is 0 Å². The first-order valence-electron chi connectivity index (χ1n) is 10.1. The number of hydrogen-bond acceptors (Lipinski definition) is 5. The summed E-state index contributed by atoms with van der Waals surface area (Å²) in [6.45, 7) is 22.3. The van der Waals surface area contributed by atoms with Crippen molar-refractivity contribution in [3.8, 4) is 0 Å². The largest absolute Gasteiger partial charge is 0.464 e. The summed E-state index contributed by atoms with van der Waals surface area (Å²) < 4.78 is 10.6. The summed E-state index contributed by atoms with van der Waals surface area (Å²) in [5, 5.41) is 10.2. The molecule has 28 heavy (non-hydrogen) atoms. The van der Waals surface area contributed by atoms with E-state index >= 15 is 0 Å². The van der Waals surface area contributed by atoms with Crippen molar-refractivity contribution < 1.29 is 24.2 Å². The number of hydrogen-bond donors (Lipinski definition) is 1. The first-order chi connectivity index (χ1) is 12.5. The van der Waals surface area contributed by atoms with Crippen molar-refractivity contribution in [2.75, 3.05) is 0 Å². The molecule has 1 fully saturated rings. The molecular weight excluding hydrogens is 356 g/mol. The Morgan fingerprint density at radius 1 is 1.11 bits per heavy atom. The quantitative estimate of drug-likeness (QED) is 0.398. The molecule has 0 saturated heterocycles. The average Bonchev–Trinajstić information content (AvgIpc) is 2.46. The standard InChI is InChI=1S/C19H34O5.C4H8/c1-17(2,3)11-19(7,18(4,5)6)16(22)24-15-9-8-13(23-12-20)10-14(15)21;1-4(2)3/h12-15,21H,8-11H2,1-7H3;1H2,2-3H3. The van der Waals surface area contributed by atoms with Crippen LogP contribution in [0, 0.1) is 16.2 Å². The molecule has 4 atom stereocenters. The van der Waals surface area contributed by atoms with Gasteiger partial charge in [-0.2, -0.15) is 0 Å². The predicted molar refractivity (Wildman–Crippen MR) is 113 cm³/mol. The lowest BCUT2D eigenvalue weighted by molar-refractivity contribution is -0.182. The van der Waals surface area contributed by atoms with Crippen molar-refractivity contribution >= 4 is 12.4 Å². The van der Waals surface area contributed by atoms with Gasteiger partial charge in [0.15, 0.2) is 0 Å². The number of carbonyl (C=O) groups is 2. The van der Waals surface area contributed by atoms with Crippen LogP contribution < -0.4 is 0 Å². The fraction of sp³-hybridized carbons (Fsp3) is 0.826. The van der Waals surface area contributed by atoms with E-state index in [0.717, 1.165) is 0 Å². The zero-order chi connectivity index (χ0) is 22.3. The van der Waals surface area contributed by atoms with E-state index in [2.05, 4.69) is 27.4 Å². The molecule has 1 saturated carbocycles. The molecule has 0 aromatic carbocycles. The first-order valence-corrected chi connectivity index (χ1v) is 10.1. The second kappa shape index (κ2) is 10.4. The number of rotatable bonds is 5. The maximum Gasteiger partial charge on any atom is 0.312 e. The van der Waals surface area contributed by atoms with Crippen LogP contribution in [0.15, 0.2) is 12.2 Å². The van der Waals surface area contributed by atoms with Crippen LogP contribution >= 0.6 is 0 Å². The normalized spacial score (nSPS) is 24.9. The second-order valence-corrected chi connectivity index (χ2v) is 10.7. The van der Waals surface area contributed by atoms with Gasteiger partial charge in [0.1, 0.15) is 12.2 Å². The van der Waals surface area contributed by atoms with Crippen LogP contribution in [0.1, 0.15) is 88.0 Å². The third-order valence-electron chi connectivity index (χ3n) is 5.20. The summed E-state index contributed by atoms with van der Waals surface area (Å²) in [6, 6.07) is 0. The molecule has 0 radical (unpaired) electrons. The SMILES string of the molecule is C=C(C)C.CC(C)(C)CC(C)(C(=O)OC1CCC(OC=O)CC1O)C(C)(C)C. The molecule has 1 aliphatic carbocycles. The van der Waals surface area contributed by atoms with Crippen molar-refractivity contribution in [2.24, 2.45) is 16.2 Å². The maximum atomic E-state index is 13.0. The zero-order valence-electron chi connectivity index (χ0n) is 19.4. The number of carbonyl (C=O) groups excluding carboxylic acids is 2.